The molecule has 0 saturated heterocycles. The summed E-state index contributed by atoms with van der Waals surface area (Å²) in [4.78, 5) is 11.7. The van der Waals surface area contributed by atoms with Crippen LogP contribution in [0, 0.1) is 17.1 Å². The average Bonchev–Trinajstić information content (AvgIpc) is 2.49. The SMILES string of the molecule is N#Cc1ccccc1OCC(=O)Nc1cc(Cl)ccc1F. The molecule has 0 bridgehead atoms. The maximum Gasteiger partial charge on any atom is 0.262 e. The maximum atomic E-state index is 13.5. The van der Waals surface area contributed by atoms with Gasteiger partial charge in [-0.2, -0.15) is 5.26 Å². The van der Waals surface area contributed by atoms with Crippen molar-refractivity contribution in [3.63, 3.8) is 0 Å². The highest BCUT2D eigenvalue weighted by molar-refractivity contribution is 6.30. The summed E-state index contributed by atoms with van der Waals surface area (Å²) in [6, 6.07) is 12.3. The van der Waals surface area contributed by atoms with E-state index in [0.29, 0.717) is 16.3 Å². The summed E-state index contributed by atoms with van der Waals surface area (Å²) in [5, 5.41) is 11.6. The number of nitrogens with one attached hydrogen (secondary N) is 1. The zero-order valence-electron chi connectivity index (χ0n) is 10.8. The van der Waals surface area contributed by atoms with E-state index >= 15 is 0 Å². The molecule has 106 valence electrons. The minimum Gasteiger partial charge on any atom is -0.482 e. The summed E-state index contributed by atoms with van der Waals surface area (Å²) in [6.45, 7) is -0.343. The lowest BCUT2D eigenvalue weighted by Gasteiger charge is -2.09. The number of rotatable bonds is 4. The quantitative estimate of drug-likeness (QED) is 0.942. The number of carbonyl (C=O) groups excluding carboxylic acids is 1. The molecule has 1 amide bonds. The Kier molecular flexibility index (Phi) is 4.75. The zero-order valence-corrected chi connectivity index (χ0v) is 11.5. The summed E-state index contributed by atoms with van der Waals surface area (Å²) in [6.07, 6.45) is 0. The van der Waals surface area contributed by atoms with Crippen LogP contribution in [-0.4, -0.2) is 12.5 Å². The van der Waals surface area contributed by atoms with Gasteiger partial charge in [0.1, 0.15) is 17.6 Å². The Labute approximate surface area is 125 Å². The second-order valence-electron chi connectivity index (χ2n) is 4.07. The number of hydrogen-bond acceptors (Lipinski definition) is 3. The number of para-hydroxylation sites is 1. The Morgan fingerprint density at radius 1 is 1.33 bits per heavy atom. The highest BCUT2D eigenvalue weighted by atomic mass is 35.5. The molecule has 2 rings (SSSR count). The normalized spacial score (nSPS) is 9.76. The number of nitrogens with zero attached hydrogens (tertiary/aromatic N) is 1. The van der Waals surface area contributed by atoms with Gasteiger partial charge >= 0.3 is 0 Å². The lowest BCUT2D eigenvalue weighted by Crippen LogP contribution is -2.21. The molecule has 0 aliphatic rings. The fraction of sp³-hybridized carbons (Fsp3) is 0.0667. The predicted molar refractivity (Wildman–Crippen MR) is 76.7 cm³/mol. The van der Waals surface area contributed by atoms with Crippen molar-refractivity contribution in [1.29, 1.82) is 5.26 Å². The second-order valence-corrected chi connectivity index (χ2v) is 4.51. The lowest BCUT2D eigenvalue weighted by molar-refractivity contribution is -0.118. The summed E-state index contributed by atoms with van der Waals surface area (Å²) in [7, 11) is 0. The average molecular weight is 305 g/mol. The zero-order chi connectivity index (χ0) is 15.2. The molecule has 2 aromatic carbocycles. The molecule has 0 unspecified atom stereocenters. The van der Waals surface area contributed by atoms with Crippen LogP contribution in [0.15, 0.2) is 42.5 Å². The minimum atomic E-state index is -0.592. The lowest BCUT2D eigenvalue weighted by atomic mass is 10.2. The molecule has 0 aliphatic carbocycles. The topological polar surface area (TPSA) is 62.1 Å². The molecule has 0 radical (unpaired) electrons. The number of halogens is 2. The van der Waals surface area contributed by atoms with E-state index in [0.717, 1.165) is 6.07 Å². The van der Waals surface area contributed by atoms with Crippen molar-refractivity contribution >= 4 is 23.2 Å². The van der Waals surface area contributed by atoms with Crippen molar-refractivity contribution in [3.8, 4) is 11.8 Å². The first kappa shape index (κ1) is 14.8. The van der Waals surface area contributed by atoms with Gasteiger partial charge < -0.3 is 10.1 Å². The number of ether oxygens (including phenoxy) is 1. The van der Waals surface area contributed by atoms with Crippen LogP contribution in [0.4, 0.5) is 10.1 Å². The van der Waals surface area contributed by atoms with Gasteiger partial charge in [-0.05, 0) is 30.3 Å². The van der Waals surface area contributed by atoms with Gasteiger partial charge in [-0.1, -0.05) is 23.7 Å². The highest BCUT2D eigenvalue weighted by Crippen LogP contribution is 2.20. The van der Waals surface area contributed by atoms with Crippen molar-refractivity contribution in [2.45, 2.75) is 0 Å². The van der Waals surface area contributed by atoms with E-state index in [1.54, 1.807) is 24.3 Å². The minimum absolute atomic E-state index is 0.0235. The smallest absolute Gasteiger partial charge is 0.262 e. The number of anilines is 1. The molecule has 0 aromatic heterocycles. The van der Waals surface area contributed by atoms with Gasteiger partial charge in [0, 0.05) is 5.02 Å². The Balaban J connectivity index is 2.00. The third-order valence-electron chi connectivity index (χ3n) is 2.57. The van der Waals surface area contributed by atoms with E-state index in [4.69, 9.17) is 21.6 Å². The van der Waals surface area contributed by atoms with Crippen LogP contribution >= 0.6 is 11.6 Å². The Hall–Kier alpha value is -2.58. The van der Waals surface area contributed by atoms with E-state index < -0.39 is 11.7 Å². The molecule has 21 heavy (non-hydrogen) atoms. The monoisotopic (exact) mass is 304 g/mol. The third kappa shape index (κ3) is 3.94. The first-order valence-electron chi connectivity index (χ1n) is 5.97. The van der Waals surface area contributed by atoms with Gasteiger partial charge in [0.15, 0.2) is 6.61 Å². The Morgan fingerprint density at radius 3 is 2.86 bits per heavy atom. The van der Waals surface area contributed by atoms with Gasteiger partial charge in [0.25, 0.3) is 5.91 Å². The van der Waals surface area contributed by atoms with E-state index in [-0.39, 0.29) is 12.3 Å². The van der Waals surface area contributed by atoms with Crippen molar-refractivity contribution in [2.75, 3.05) is 11.9 Å². The number of carbonyl (C=O) groups is 1. The van der Waals surface area contributed by atoms with Gasteiger partial charge in [-0.3, -0.25) is 4.79 Å². The first-order valence-corrected chi connectivity index (χ1v) is 6.35. The number of nitriles is 1. The number of benzene rings is 2. The third-order valence-corrected chi connectivity index (χ3v) is 2.80. The number of hydrogen-bond donors (Lipinski definition) is 1. The van der Waals surface area contributed by atoms with Crippen molar-refractivity contribution in [3.05, 3.63) is 58.9 Å². The summed E-state index contributed by atoms with van der Waals surface area (Å²) in [5.74, 6) is -0.851. The van der Waals surface area contributed by atoms with E-state index in [9.17, 15) is 9.18 Å². The number of amides is 1. The molecular weight excluding hydrogens is 295 g/mol. The molecule has 0 aliphatic heterocycles. The van der Waals surface area contributed by atoms with Gasteiger partial charge in [0.2, 0.25) is 0 Å². The van der Waals surface area contributed by atoms with Crippen LogP contribution in [0.25, 0.3) is 0 Å². The van der Waals surface area contributed by atoms with Crippen LogP contribution in [0.2, 0.25) is 5.02 Å². The van der Waals surface area contributed by atoms with Crippen LogP contribution in [0.5, 0.6) is 5.75 Å². The van der Waals surface area contributed by atoms with Crippen molar-refractivity contribution in [2.24, 2.45) is 0 Å². The predicted octanol–water partition coefficient (Wildman–Crippen LogP) is 3.37. The molecule has 1 N–H and O–H groups in total. The summed E-state index contributed by atoms with van der Waals surface area (Å²) in [5.41, 5.74) is 0.295. The fourth-order valence-corrected chi connectivity index (χ4v) is 1.78. The molecule has 6 heteroatoms. The highest BCUT2D eigenvalue weighted by Gasteiger charge is 2.09. The molecule has 0 atom stereocenters. The van der Waals surface area contributed by atoms with E-state index in [1.807, 2.05) is 6.07 Å². The van der Waals surface area contributed by atoms with Crippen LogP contribution in [0.3, 0.4) is 0 Å². The molecule has 0 heterocycles. The molecule has 2 aromatic rings. The molecular formula is C15H10ClFN2O2. The molecule has 4 nitrogen and oxygen atoms in total. The standard InChI is InChI=1S/C15H10ClFN2O2/c16-11-5-6-12(17)13(7-11)19-15(20)9-21-14-4-2-1-3-10(14)8-18/h1-7H,9H2,(H,19,20). The molecule has 0 spiro atoms. The van der Waals surface area contributed by atoms with Gasteiger partial charge in [-0.25, -0.2) is 4.39 Å². The second kappa shape index (κ2) is 6.73. The van der Waals surface area contributed by atoms with E-state index in [2.05, 4.69) is 5.32 Å². The fourth-order valence-electron chi connectivity index (χ4n) is 1.61. The van der Waals surface area contributed by atoms with Crippen LogP contribution in [-0.2, 0) is 4.79 Å². The first-order chi connectivity index (χ1) is 10.1. The Bertz CT molecular complexity index is 713. The van der Waals surface area contributed by atoms with E-state index in [1.165, 1.54) is 12.1 Å². The molecule has 0 saturated carbocycles. The van der Waals surface area contributed by atoms with Crippen molar-refractivity contribution in [1.82, 2.24) is 0 Å². The summed E-state index contributed by atoms with van der Waals surface area (Å²) >= 11 is 5.73. The molecule has 0 fully saturated rings. The van der Waals surface area contributed by atoms with Gasteiger partial charge in [-0.15, -0.1) is 0 Å². The van der Waals surface area contributed by atoms with Crippen LogP contribution in [0.1, 0.15) is 5.56 Å². The van der Waals surface area contributed by atoms with Gasteiger partial charge in [0.05, 0.1) is 11.3 Å². The summed E-state index contributed by atoms with van der Waals surface area (Å²) < 4.78 is 18.7. The Morgan fingerprint density at radius 2 is 2.10 bits per heavy atom. The maximum absolute atomic E-state index is 13.5. The van der Waals surface area contributed by atoms with Crippen LogP contribution < -0.4 is 10.1 Å². The largest absolute Gasteiger partial charge is 0.482 e. The van der Waals surface area contributed by atoms with Crippen molar-refractivity contribution < 1.29 is 13.9 Å².